The summed E-state index contributed by atoms with van der Waals surface area (Å²) < 4.78 is 18.6. The molecule has 0 amide bonds. The maximum Gasteiger partial charge on any atom is 0.137 e. The van der Waals surface area contributed by atoms with Crippen LogP contribution in [-0.4, -0.2) is 30.5 Å². The quantitative estimate of drug-likeness (QED) is 0.849. The van der Waals surface area contributed by atoms with E-state index in [1.807, 2.05) is 13.8 Å². The fourth-order valence-electron chi connectivity index (χ4n) is 1.20. The fraction of sp³-hybridized carbons (Fsp3) is 0.500. The SMILES string of the molecule is CC(C)OCC(O)CNc1ccc(F)c(Br)c1. The maximum atomic E-state index is 13.0. The highest BCUT2D eigenvalue weighted by molar-refractivity contribution is 9.10. The molecule has 0 aromatic heterocycles. The molecule has 5 heteroatoms. The predicted molar refractivity (Wildman–Crippen MR) is 69.7 cm³/mol. The van der Waals surface area contributed by atoms with Gasteiger partial charge >= 0.3 is 0 Å². The standard InChI is InChI=1S/C12H17BrFNO2/c1-8(2)17-7-10(16)6-15-9-3-4-12(14)11(13)5-9/h3-5,8,10,15-16H,6-7H2,1-2H3. The van der Waals surface area contributed by atoms with E-state index in [1.54, 1.807) is 12.1 Å². The van der Waals surface area contributed by atoms with Gasteiger partial charge in [0.05, 0.1) is 23.3 Å². The molecule has 1 atom stereocenters. The Kier molecular flexibility index (Phi) is 5.88. The Balaban J connectivity index is 2.36. The number of anilines is 1. The lowest BCUT2D eigenvalue weighted by Gasteiger charge is -2.15. The number of hydrogen-bond acceptors (Lipinski definition) is 3. The third-order valence-corrected chi connectivity index (χ3v) is 2.69. The molecule has 1 unspecified atom stereocenters. The van der Waals surface area contributed by atoms with Crippen LogP contribution in [0.15, 0.2) is 22.7 Å². The number of hydrogen-bond donors (Lipinski definition) is 2. The normalized spacial score (nSPS) is 12.8. The first-order valence-electron chi connectivity index (χ1n) is 5.47. The van der Waals surface area contributed by atoms with Gasteiger partial charge in [0.2, 0.25) is 0 Å². The van der Waals surface area contributed by atoms with Crippen molar-refractivity contribution >= 4 is 21.6 Å². The smallest absolute Gasteiger partial charge is 0.137 e. The molecule has 0 aliphatic rings. The van der Waals surface area contributed by atoms with E-state index in [0.29, 0.717) is 11.0 Å². The van der Waals surface area contributed by atoms with Crippen LogP contribution in [0.5, 0.6) is 0 Å². The van der Waals surface area contributed by atoms with Crippen molar-refractivity contribution in [2.45, 2.75) is 26.1 Å². The third-order valence-electron chi connectivity index (χ3n) is 2.08. The van der Waals surface area contributed by atoms with E-state index in [9.17, 15) is 9.50 Å². The lowest BCUT2D eigenvalue weighted by molar-refractivity contribution is 0.0112. The highest BCUT2D eigenvalue weighted by Gasteiger charge is 2.06. The summed E-state index contributed by atoms with van der Waals surface area (Å²) in [5.41, 5.74) is 0.752. The molecule has 96 valence electrons. The Hall–Kier alpha value is -0.650. The van der Waals surface area contributed by atoms with E-state index in [-0.39, 0.29) is 18.5 Å². The molecule has 3 nitrogen and oxygen atoms in total. The topological polar surface area (TPSA) is 41.5 Å². The van der Waals surface area contributed by atoms with Crippen molar-refractivity contribution < 1.29 is 14.2 Å². The second-order valence-corrected chi connectivity index (χ2v) is 4.90. The molecule has 1 aromatic carbocycles. The van der Waals surface area contributed by atoms with Crippen LogP contribution < -0.4 is 5.32 Å². The molecule has 0 saturated carbocycles. The minimum Gasteiger partial charge on any atom is -0.389 e. The largest absolute Gasteiger partial charge is 0.389 e. The van der Waals surface area contributed by atoms with Crippen molar-refractivity contribution in [1.82, 2.24) is 0 Å². The van der Waals surface area contributed by atoms with Gasteiger partial charge in [-0.3, -0.25) is 0 Å². The Morgan fingerprint density at radius 2 is 2.18 bits per heavy atom. The summed E-state index contributed by atoms with van der Waals surface area (Å²) in [6.45, 7) is 4.48. The van der Waals surface area contributed by atoms with E-state index >= 15 is 0 Å². The molecule has 0 saturated heterocycles. The molecule has 0 spiro atoms. The van der Waals surface area contributed by atoms with Crippen molar-refractivity contribution in [2.24, 2.45) is 0 Å². The van der Waals surface area contributed by atoms with Crippen LogP contribution in [0, 0.1) is 5.82 Å². The van der Waals surface area contributed by atoms with Gasteiger partial charge in [0.25, 0.3) is 0 Å². The molecule has 0 bridgehead atoms. The van der Waals surface area contributed by atoms with E-state index in [4.69, 9.17) is 4.74 Å². The average molecular weight is 306 g/mol. The zero-order valence-corrected chi connectivity index (χ0v) is 11.5. The third kappa shape index (κ3) is 5.48. The number of rotatable bonds is 6. The number of aliphatic hydroxyl groups is 1. The monoisotopic (exact) mass is 305 g/mol. The van der Waals surface area contributed by atoms with Gasteiger partial charge in [0.15, 0.2) is 0 Å². The van der Waals surface area contributed by atoms with Gasteiger partial charge in [0.1, 0.15) is 5.82 Å². The van der Waals surface area contributed by atoms with Crippen molar-refractivity contribution in [1.29, 1.82) is 0 Å². The Labute approximate surface area is 109 Å². The first kappa shape index (κ1) is 14.4. The number of nitrogens with one attached hydrogen (secondary N) is 1. The average Bonchev–Trinajstić information content (AvgIpc) is 2.28. The fourth-order valence-corrected chi connectivity index (χ4v) is 1.58. The van der Waals surface area contributed by atoms with Crippen LogP contribution in [0.25, 0.3) is 0 Å². The van der Waals surface area contributed by atoms with Gasteiger partial charge in [-0.15, -0.1) is 0 Å². The van der Waals surface area contributed by atoms with E-state index in [2.05, 4.69) is 21.2 Å². The molecule has 1 aromatic rings. The molecule has 17 heavy (non-hydrogen) atoms. The molecular formula is C12H17BrFNO2. The summed E-state index contributed by atoms with van der Waals surface area (Å²) in [5.74, 6) is -0.306. The zero-order chi connectivity index (χ0) is 12.8. The Bertz CT molecular complexity index is 360. The molecule has 0 heterocycles. The molecule has 2 N–H and O–H groups in total. The number of halogens is 2. The van der Waals surface area contributed by atoms with Crippen LogP contribution in [0.4, 0.5) is 10.1 Å². The second-order valence-electron chi connectivity index (χ2n) is 4.05. The summed E-state index contributed by atoms with van der Waals surface area (Å²) in [6.07, 6.45) is -0.481. The summed E-state index contributed by atoms with van der Waals surface area (Å²) in [4.78, 5) is 0. The minimum atomic E-state index is -0.582. The maximum absolute atomic E-state index is 13.0. The van der Waals surface area contributed by atoms with Crippen LogP contribution >= 0.6 is 15.9 Å². The van der Waals surface area contributed by atoms with E-state index in [0.717, 1.165) is 5.69 Å². The zero-order valence-electron chi connectivity index (χ0n) is 9.91. The van der Waals surface area contributed by atoms with Gasteiger partial charge < -0.3 is 15.2 Å². The van der Waals surface area contributed by atoms with E-state index in [1.165, 1.54) is 6.07 Å². The highest BCUT2D eigenvalue weighted by Crippen LogP contribution is 2.19. The van der Waals surface area contributed by atoms with Crippen molar-refractivity contribution in [2.75, 3.05) is 18.5 Å². The lowest BCUT2D eigenvalue weighted by atomic mass is 10.3. The van der Waals surface area contributed by atoms with Crippen LogP contribution in [-0.2, 0) is 4.74 Å². The second kappa shape index (κ2) is 6.93. The Morgan fingerprint density at radius 3 is 2.76 bits per heavy atom. The Morgan fingerprint density at radius 1 is 1.47 bits per heavy atom. The number of ether oxygens (including phenoxy) is 1. The van der Waals surface area contributed by atoms with Crippen molar-refractivity contribution in [3.63, 3.8) is 0 Å². The highest BCUT2D eigenvalue weighted by atomic mass is 79.9. The summed E-state index contributed by atoms with van der Waals surface area (Å²) in [7, 11) is 0. The van der Waals surface area contributed by atoms with Crippen LogP contribution in [0.3, 0.4) is 0 Å². The molecule has 0 aliphatic heterocycles. The molecule has 0 aliphatic carbocycles. The first-order valence-corrected chi connectivity index (χ1v) is 6.27. The molecular weight excluding hydrogens is 289 g/mol. The van der Waals surface area contributed by atoms with Crippen LogP contribution in [0.2, 0.25) is 0 Å². The van der Waals surface area contributed by atoms with Gasteiger partial charge in [-0.1, -0.05) is 0 Å². The summed E-state index contributed by atoms with van der Waals surface area (Å²) in [5, 5.41) is 12.6. The van der Waals surface area contributed by atoms with Gasteiger partial charge in [-0.25, -0.2) is 4.39 Å². The molecule has 1 rings (SSSR count). The number of aliphatic hydroxyl groups excluding tert-OH is 1. The van der Waals surface area contributed by atoms with Gasteiger partial charge in [-0.05, 0) is 48.0 Å². The van der Waals surface area contributed by atoms with Gasteiger partial charge in [-0.2, -0.15) is 0 Å². The van der Waals surface area contributed by atoms with Crippen molar-refractivity contribution in [3.05, 3.63) is 28.5 Å². The predicted octanol–water partition coefficient (Wildman–Crippen LogP) is 2.79. The van der Waals surface area contributed by atoms with Crippen molar-refractivity contribution in [3.8, 4) is 0 Å². The van der Waals surface area contributed by atoms with Gasteiger partial charge in [0, 0.05) is 12.2 Å². The minimum absolute atomic E-state index is 0.101. The summed E-state index contributed by atoms with van der Waals surface area (Å²) >= 11 is 3.10. The van der Waals surface area contributed by atoms with E-state index < -0.39 is 6.10 Å². The van der Waals surface area contributed by atoms with Crippen LogP contribution in [0.1, 0.15) is 13.8 Å². The molecule has 0 fully saturated rings. The first-order chi connectivity index (χ1) is 7.99. The number of benzene rings is 1. The summed E-state index contributed by atoms with van der Waals surface area (Å²) in [6, 6.07) is 4.62. The lowest BCUT2D eigenvalue weighted by Crippen LogP contribution is -2.26. The molecule has 0 radical (unpaired) electrons.